The fourth-order valence-corrected chi connectivity index (χ4v) is 5.25. The van der Waals surface area contributed by atoms with Crippen molar-refractivity contribution in [3.63, 3.8) is 0 Å². The Hall–Kier alpha value is -1.91. The molecule has 2 heterocycles. The van der Waals surface area contributed by atoms with Gasteiger partial charge in [0, 0.05) is 29.5 Å². The lowest BCUT2D eigenvalue weighted by atomic mass is 10.2. The Bertz CT molecular complexity index is 1060. The fourth-order valence-electron chi connectivity index (χ4n) is 2.97. The highest BCUT2D eigenvalue weighted by Crippen LogP contribution is 2.25. The monoisotopic (exact) mass is 478 g/mol. The molecule has 0 spiro atoms. The van der Waals surface area contributed by atoms with Crippen molar-refractivity contribution in [2.45, 2.75) is 4.34 Å². The summed E-state index contributed by atoms with van der Waals surface area (Å²) in [6.07, 6.45) is 0. The summed E-state index contributed by atoms with van der Waals surface area (Å²) in [7, 11) is 0. The lowest BCUT2D eigenvalue weighted by molar-refractivity contribution is -0.113. The van der Waals surface area contributed by atoms with Gasteiger partial charge in [-0.05, 0) is 60.7 Å². The lowest BCUT2D eigenvalue weighted by Crippen LogP contribution is -2.36. The van der Waals surface area contributed by atoms with E-state index in [1.807, 2.05) is 36.4 Å². The molecule has 1 aliphatic rings. The SMILES string of the molecule is O=C(CSc1nn(-c2ccc(Cl)cc2)c(=S)s1)Nc1ccc(N2CCOCC2)cc1. The van der Waals surface area contributed by atoms with Crippen molar-refractivity contribution in [2.24, 2.45) is 0 Å². The number of aromatic nitrogens is 2. The van der Waals surface area contributed by atoms with Crippen LogP contribution in [0.25, 0.3) is 5.69 Å². The molecule has 3 aromatic rings. The van der Waals surface area contributed by atoms with Crippen LogP contribution < -0.4 is 10.2 Å². The second-order valence-electron chi connectivity index (χ2n) is 6.51. The van der Waals surface area contributed by atoms with Gasteiger partial charge in [0.05, 0.1) is 24.7 Å². The molecule has 1 fully saturated rings. The molecule has 0 atom stereocenters. The van der Waals surface area contributed by atoms with Crippen molar-refractivity contribution in [1.82, 2.24) is 9.78 Å². The van der Waals surface area contributed by atoms with Crippen molar-refractivity contribution in [1.29, 1.82) is 0 Å². The summed E-state index contributed by atoms with van der Waals surface area (Å²) in [5, 5.41) is 8.09. The molecule has 0 radical (unpaired) electrons. The zero-order chi connectivity index (χ0) is 20.9. The standard InChI is InChI=1S/C20H19ClN4O2S3/c21-14-1-5-17(6-2-14)25-20(28)30-19(23-25)29-13-18(26)22-15-3-7-16(8-4-15)24-9-11-27-12-10-24/h1-8H,9-13H2,(H,22,26). The van der Waals surface area contributed by atoms with Crippen LogP contribution in [0.2, 0.25) is 5.02 Å². The highest BCUT2D eigenvalue weighted by Gasteiger charge is 2.12. The molecule has 1 amide bonds. The molecule has 0 aliphatic carbocycles. The van der Waals surface area contributed by atoms with E-state index < -0.39 is 0 Å². The van der Waals surface area contributed by atoms with Gasteiger partial charge in [-0.3, -0.25) is 4.79 Å². The van der Waals surface area contributed by atoms with Crippen molar-refractivity contribution in [2.75, 3.05) is 42.3 Å². The zero-order valence-electron chi connectivity index (χ0n) is 15.9. The maximum atomic E-state index is 12.3. The maximum absolute atomic E-state index is 12.3. The molecule has 0 saturated carbocycles. The number of ether oxygens (including phenoxy) is 1. The predicted octanol–water partition coefficient (Wildman–Crippen LogP) is 4.88. The Kier molecular flexibility index (Phi) is 7.06. The van der Waals surface area contributed by atoms with Crippen molar-refractivity contribution in [3.8, 4) is 5.69 Å². The number of rotatable bonds is 6. The molecule has 1 saturated heterocycles. The smallest absolute Gasteiger partial charge is 0.234 e. The Morgan fingerprint density at radius 3 is 2.50 bits per heavy atom. The summed E-state index contributed by atoms with van der Waals surface area (Å²) in [5.74, 6) is 0.173. The summed E-state index contributed by atoms with van der Waals surface area (Å²) in [6, 6.07) is 15.2. The molecular weight excluding hydrogens is 460 g/mol. The highest BCUT2D eigenvalue weighted by molar-refractivity contribution is 8.01. The average molecular weight is 479 g/mol. The largest absolute Gasteiger partial charge is 0.378 e. The highest BCUT2D eigenvalue weighted by atomic mass is 35.5. The summed E-state index contributed by atoms with van der Waals surface area (Å²) < 4.78 is 8.43. The first-order chi connectivity index (χ1) is 14.6. The van der Waals surface area contributed by atoms with E-state index in [1.165, 1.54) is 23.1 Å². The zero-order valence-corrected chi connectivity index (χ0v) is 19.1. The van der Waals surface area contributed by atoms with Crippen molar-refractivity contribution < 1.29 is 9.53 Å². The van der Waals surface area contributed by atoms with Crippen LogP contribution in [0.15, 0.2) is 52.9 Å². The van der Waals surface area contributed by atoms with Gasteiger partial charge in [-0.15, -0.1) is 5.10 Å². The number of amides is 1. The Morgan fingerprint density at radius 1 is 1.13 bits per heavy atom. The summed E-state index contributed by atoms with van der Waals surface area (Å²) in [4.78, 5) is 14.6. The van der Waals surface area contributed by atoms with Gasteiger partial charge in [-0.25, -0.2) is 4.68 Å². The van der Waals surface area contributed by atoms with E-state index in [1.54, 1.807) is 16.8 Å². The number of nitrogens with zero attached hydrogens (tertiary/aromatic N) is 3. The Balaban J connectivity index is 1.32. The number of hydrogen-bond acceptors (Lipinski definition) is 7. The minimum atomic E-state index is -0.0849. The first-order valence-corrected chi connectivity index (χ1v) is 11.9. The summed E-state index contributed by atoms with van der Waals surface area (Å²) >= 11 is 14.1. The molecule has 2 aromatic carbocycles. The average Bonchev–Trinajstić information content (AvgIpc) is 3.14. The number of halogens is 1. The lowest BCUT2D eigenvalue weighted by Gasteiger charge is -2.28. The van der Waals surface area contributed by atoms with Crippen molar-refractivity contribution >= 4 is 64.2 Å². The number of nitrogens with one attached hydrogen (secondary N) is 1. The minimum Gasteiger partial charge on any atom is -0.378 e. The summed E-state index contributed by atoms with van der Waals surface area (Å²) in [5.41, 5.74) is 2.76. The third kappa shape index (κ3) is 5.41. The van der Waals surface area contributed by atoms with Gasteiger partial charge < -0.3 is 15.0 Å². The van der Waals surface area contributed by atoms with Gasteiger partial charge >= 0.3 is 0 Å². The van der Waals surface area contributed by atoms with E-state index >= 15 is 0 Å². The molecule has 10 heteroatoms. The van der Waals surface area contributed by atoms with Crippen LogP contribution in [0, 0.1) is 3.95 Å². The van der Waals surface area contributed by atoms with Crippen LogP contribution in [0.4, 0.5) is 11.4 Å². The number of benzene rings is 2. The number of carbonyl (C=O) groups excluding carboxylic acids is 1. The van der Waals surface area contributed by atoms with E-state index in [2.05, 4.69) is 15.3 Å². The van der Waals surface area contributed by atoms with E-state index in [0.717, 1.165) is 47.7 Å². The normalized spacial score (nSPS) is 14.0. The second-order valence-corrected chi connectivity index (χ2v) is 9.79. The molecule has 0 bridgehead atoms. The molecule has 1 N–H and O–H groups in total. The Labute approximate surface area is 192 Å². The molecular formula is C20H19ClN4O2S3. The van der Waals surface area contributed by atoms with Gasteiger partial charge in [0.15, 0.2) is 8.29 Å². The van der Waals surface area contributed by atoms with E-state index in [4.69, 9.17) is 28.6 Å². The fraction of sp³-hybridized carbons (Fsp3) is 0.250. The topological polar surface area (TPSA) is 59.4 Å². The van der Waals surface area contributed by atoms with Gasteiger partial charge in [0.25, 0.3) is 0 Å². The first kappa shape index (κ1) is 21.3. The van der Waals surface area contributed by atoms with Gasteiger partial charge in [-0.2, -0.15) is 0 Å². The van der Waals surface area contributed by atoms with Gasteiger partial charge in [0.2, 0.25) is 5.91 Å². The predicted molar refractivity (Wildman–Crippen MR) is 126 cm³/mol. The quantitative estimate of drug-likeness (QED) is 0.402. The number of thioether (sulfide) groups is 1. The van der Waals surface area contributed by atoms with Crippen molar-refractivity contribution in [3.05, 3.63) is 57.5 Å². The van der Waals surface area contributed by atoms with E-state index in [-0.39, 0.29) is 11.7 Å². The number of anilines is 2. The van der Waals surface area contributed by atoms with E-state index in [9.17, 15) is 4.79 Å². The van der Waals surface area contributed by atoms with Gasteiger partial charge in [-0.1, -0.05) is 34.7 Å². The molecule has 4 rings (SSSR count). The third-order valence-electron chi connectivity index (χ3n) is 4.45. The number of carbonyl (C=O) groups is 1. The number of hydrogen-bond donors (Lipinski definition) is 1. The molecule has 30 heavy (non-hydrogen) atoms. The molecule has 1 aromatic heterocycles. The third-order valence-corrected chi connectivity index (χ3v) is 7.07. The van der Waals surface area contributed by atoms with Crippen LogP contribution in [0.5, 0.6) is 0 Å². The molecule has 1 aliphatic heterocycles. The Morgan fingerprint density at radius 2 is 1.80 bits per heavy atom. The first-order valence-electron chi connectivity index (χ1n) is 9.30. The molecule has 0 unspecified atom stereocenters. The van der Waals surface area contributed by atoms with Crippen LogP contribution >= 0.6 is 46.9 Å². The summed E-state index contributed by atoms with van der Waals surface area (Å²) in [6.45, 7) is 3.26. The van der Waals surface area contributed by atoms with Crippen LogP contribution in [0.3, 0.4) is 0 Å². The second kappa shape index (κ2) is 9.93. The maximum Gasteiger partial charge on any atom is 0.234 e. The molecule has 156 valence electrons. The van der Waals surface area contributed by atoms with Gasteiger partial charge in [0.1, 0.15) is 0 Å². The minimum absolute atomic E-state index is 0.0849. The van der Waals surface area contributed by atoms with Crippen LogP contribution in [0.1, 0.15) is 0 Å². The van der Waals surface area contributed by atoms with Crippen LogP contribution in [-0.2, 0) is 9.53 Å². The number of morpholine rings is 1. The van der Waals surface area contributed by atoms with E-state index in [0.29, 0.717) is 8.98 Å². The molecule has 6 nitrogen and oxygen atoms in total. The van der Waals surface area contributed by atoms with Crippen LogP contribution in [-0.4, -0.2) is 47.7 Å².